The Hall–Kier alpha value is -2.90. The number of carbonyl (C=O) groups excluding carboxylic acids is 2. The molecule has 2 N–H and O–H groups in total. The number of nitrogens with zero attached hydrogens (tertiary/aromatic N) is 1. The summed E-state index contributed by atoms with van der Waals surface area (Å²) < 4.78 is 11.9. The van der Waals surface area contributed by atoms with E-state index in [-0.39, 0.29) is 29.9 Å². The number of amides is 1. The minimum absolute atomic E-state index is 0.00302. The second kappa shape index (κ2) is 9.71. The number of likely N-dealkylation sites (tertiary alicyclic amines) is 1. The van der Waals surface area contributed by atoms with E-state index in [0.717, 1.165) is 38.9 Å². The maximum absolute atomic E-state index is 12.4. The quantitative estimate of drug-likeness (QED) is 0.645. The molecule has 0 aromatic heterocycles. The first-order valence-corrected chi connectivity index (χ1v) is 11.2. The van der Waals surface area contributed by atoms with Crippen LogP contribution >= 0.6 is 0 Å². The normalized spacial score (nSPS) is 21.6. The molecule has 0 spiro atoms. The van der Waals surface area contributed by atoms with Crippen LogP contribution in [0.1, 0.15) is 53.3 Å². The van der Waals surface area contributed by atoms with Crippen molar-refractivity contribution in [3.8, 4) is 11.5 Å². The zero-order valence-electron chi connectivity index (χ0n) is 18.4. The average Bonchev–Trinajstić information content (AvgIpc) is 2.78. The molecule has 4 rings (SSSR count). The van der Waals surface area contributed by atoms with Gasteiger partial charge in [-0.2, -0.15) is 0 Å². The Labute approximate surface area is 188 Å². The maximum atomic E-state index is 12.4. The van der Waals surface area contributed by atoms with E-state index in [4.69, 9.17) is 9.47 Å². The number of nitrogens with one attached hydrogen (secondary N) is 1. The molecule has 2 aromatic carbocycles. The Balaban J connectivity index is 1.17. The van der Waals surface area contributed by atoms with E-state index >= 15 is 0 Å². The third-order valence-corrected chi connectivity index (χ3v) is 6.09. The molecule has 1 saturated heterocycles. The zero-order chi connectivity index (χ0) is 22.6. The second-order valence-corrected chi connectivity index (χ2v) is 8.64. The minimum Gasteiger partial charge on any atom is -0.507 e. The lowest BCUT2D eigenvalue weighted by Crippen LogP contribution is -2.45. The summed E-state index contributed by atoms with van der Waals surface area (Å²) in [7, 11) is 0. The van der Waals surface area contributed by atoms with Gasteiger partial charge in [0.15, 0.2) is 5.78 Å². The number of phenols is 1. The smallest absolute Gasteiger partial charge is 0.255 e. The number of Topliss-reactive ketones (excluding diaryl/α,β-unsaturated/α-hetero) is 1. The fourth-order valence-electron chi connectivity index (χ4n) is 4.33. The predicted molar refractivity (Wildman–Crippen MR) is 120 cm³/mol. The van der Waals surface area contributed by atoms with E-state index in [0.29, 0.717) is 23.5 Å². The Morgan fingerprint density at radius 2 is 1.91 bits per heavy atom. The van der Waals surface area contributed by atoms with Gasteiger partial charge in [-0.25, -0.2) is 0 Å². The molecular formula is C25H30N2O5. The van der Waals surface area contributed by atoms with Gasteiger partial charge in [-0.15, -0.1) is 0 Å². The maximum Gasteiger partial charge on any atom is 0.255 e. The van der Waals surface area contributed by atoms with E-state index in [1.807, 2.05) is 19.1 Å². The van der Waals surface area contributed by atoms with Crippen LogP contribution in [-0.2, 0) is 4.74 Å². The molecule has 7 heteroatoms. The van der Waals surface area contributed by atoms with Crippen LogP contribution in [0.3, 0.4) is 0 Å². The van der Waals surface area contributed by atoms with Gasteiger partial charge in [0.25, 0.3) is 5.91 Å². The average molecular weight is 439 g/mol. The molecule has 2 aliphatic heterocycles. The summed E-state index contributed by atoms with van der Waals surface area (Å²) in [4.78, 5) is 27.1. The van der Waals surface area contributed by atoms with Crippen molar-refractivity contribution in [3.63, 3.8) is 0 Å². The van der Waals surface area contributed by atoms with E-state index in [2.05, 4.69) is 10.2 Å². The van der Waals surface area contributed by atoms with Crippen LogP contribution in [-0.4, -0.2) is 59.8 Å². The molecule has 0 radical (unpaired) electrons. The molecule has 2 heterocycles. The van der Waals surface area contributed by atoms with Crippen LogP contribution < -0.4 is 10.1 Å². The van der Waals surface area contributed by atoms with Crippen molar-refractivity contribution in [1.82, 2.24) is 10.2 Å². The number of hydrogen-bond acceptors (Lipinski definition) is 6. The van der Waals surface area contributed by atoms with Crippen LogP contribution in [0.15, 0.2) is 48.5 Å². The van der Waals surface area contributed by atoms with E-state index in [1.165, 1.54) is 6.07 Å². The summed E-state index contributed by atoms with van der Waals surface area (Å²) >= 11 is 0. The molecule has 1 unspecified atom stereocenters. The van der Waals surface area contributed by atoms with Gasteiger partial charge in [-0.05, 0) is 43.5 Å². The van der Waals surface area contributed by atoms with Gasteiger partial charge in [-0.3, -0.25) is 9.59 Å². The second-order valence-electron chi connectivity index (χ2n) is 8.64. The Bertz CT molecular complexity index is 970. The number of piperidine rings is 1. The number of fused-ring (bicyclic) bond motifs is 1. The zero-order valence-corrected chi connectivity index (χ0v) is 18.4. The topological polar surface area (TPSA) is 88.1 Å². The summed E-state index contributed by atoms with van der Waals surface area (Å²) in [5.41, 5.74) is 0.928. The van der Waals surface area contributed by atoms with Crippen molar-refractivity contribution in [2.24, 2.45) is 0 Å². The van der Waals surface area contributed by atoms with Crippen LogP contribution in [0.5, 0.6) is 11.5 Å². The lowest BCUT2D eigenvalue weighted by atomic mass is 9.99. The number of aromatic hydroxyl groups is 1. The molecule has 0 bridgehead atoms. The molecule has 2 aromatic rings. The minimum atomic E-state index is -0.925. The van der Waals surface area contributed by atoms with Gasteiger partial charge in [-0.1, -0.05) is 24.3 Å². The van der Waals surface area contributed by atoms with Crippen molar-refractivity contribution in [3.05, 3.63) is 59.7 Å². The Kier molecular flexibility index (Phi) is 6.77. The van der Waals surface area contributed by atoms with Crippen LogP contribution in [0.2, 0.25) is 0 Å². The largest absolute Gasteiger partial charge is 0.507 e. The van der Waals surface area contributed by atoms with E-state index in [1.54, 1.807) is 30.3 Å². The first-order chi connectivity index (χ1) is 15.4. The highest BCUT2D eigenvalue weighted by Gasteiger charge is 2.37. The first-order valence-electron chi connectivity index (χ1n) is 11.2. The van der Waals surface area contributed by atoms with Gasteiger partial charge >= 0.3 is 0 Å². The monoisotopic (exact) mass is 438 g/mol. The Morgan fingerprint density at radius 3 is 2.69 bits per heavy atom. The van der Waals surface area contributed by atoms with Crippen molar-refractivity contribution < 1.29 is 24.2 Å². The number of phenolic OH excluding ortho intramolecular Hbond substituents is 1. The fraction of sp³-hybridized carbons (Fsp3) is 0.440. The first kappa shape index (κ1) is 22.3. The molecule has 32 heavy (non-hydrogen) atoms. The number of benzene rings is 2. The van der Waals surface area contributed by atoms with Crippen molar-refractivity contribution in [1.29, 1.82) is 0 Å². The predicted octanol–water partition coefficient (Wildman–Crippen LogP) is 3.37. The number of carbonyl (C=O) groups is 2. The fourth-order valence-corrected chi connectivity index (χ4v) is 4.33. The van der Waals surface area contributed by atoms with Gasteiger partial charge in [0.2, 0.25) is 5.79 Å². The van der Waals surface area contributed by atoms with E-state index in [9.17, 15) is 14.7 Å². The summed E-state index contributed by atoms with van der Waals surface area (Å²) in [6.07, 6.45) is 2.79. The van der Waals surface area contributed by atoms with Crippen molar-refractivity contribution in [2.45, 2.75) is 44.4 Å². The molecule has 1 atom stereocenters. The van der Waals surface area contributed by atoms with Crippen LogP contribution in [0, 0.1) is 0 Å². The number of para-hydroxylation sites is 2. The van der Waals surface area contributed by atoms with Gasteiger partial charge in [0, 0.05) is 32.6 Å². The molecule has 1 amide bonds. The third kappa shape index (κ3) is 5.29. The summed E-state index contributed by atoms with van der Waals surface area (Å²) in [5.74, 6) is -0.525. The van der Waals surface area contributed by atoms with Crippen molar-refractivity contribution >= 4 is 11.7 Å². The van der Waals surface area contributed by atoms with Gasteiger partial charge < -0.3 is 24.8 Å². The summed E-state index contributed by atoms with van der Waals surface area (Å²) in [6.45, 7) is 5.01. The molecule has 7 nitrogen and oxygen atoms in total. The lowest BCUT2D eigenvalue weighted by molar-refractivity contribution is -0.171. The highest BCUT2D eigenvalue weighted by Crippen LogP contribution is 2.33. The highest BCUT2D eigenvalue weighted by molar-refractivity contribution is 6.00. The van der Waals surface area contributed by atoms with Gasteiger partial charge in [0.05, 0.1) is 24.2 Å². The standard InChI is InChI=1S/C25H30N2O5/c1-25(17-22(29)19-7-3-5-10-23(19)32-25)31-16-6-13-27-14-11-18(12-15-27)26-24(30)20-8-2-4-9-21(20)28/h2-5,7-10,18,28H,6,11-17H2,1H3,(H,26,30). The SMILES string of the molecule is CC1(OCCCN2CCC(NC(=O)c3ccccc3O)CC2)CC(=O)c2ccccc2O1. The summed E-state index contributed by atoms with van der Waals surface area (Å²) in [6, 6.07) is 14.0. The molecule has 2 aliphatic rings. The molecule has 170 valence electrons. The van der Waals surface area contributed by atoms with Crippen LogP contribution in [0.4, 0.5) is 0 Å². The Morgan fingerprint density at radius 1 is 1.19 bits per heavy atom. The molecule has 0 aliphatic carbocycles. The summed E-state index contributed by atoms with van der Waals surface area (Å²) in [5, 5.41) is 12.9. The molecule has 0 saturated carbocycles. The van der Waals surface area contributed by atoms with Crippen molar-refractivity contribution in [2.75, 3.05) is 26.2 Å². The van der Waals surface area contributed by atoms with E-state index < -0.39 is 5.79 Å². The number of rotatable bonds is 7. The highest BCUT2D eigenvalue weighted by atomic mass is 16.7. The molecular weight excluding hydrogens is 408 g/mol. The lowest BCUT2D eigenvalue weighted by Gasteiger charge is -2.35. The molecule has 1 fully saturated rings. The number of hydrogen-bond donors (Lipinski definition) is 2. The number of ether oxygens (including phenoxy) is 2. The van der Waals surface area contributed by atoms with Gasteiger partial charge in [0.1, 0.15) is 11.5 Å². The van der Waals surface area contributed by atoms with Crippen LogP contribution in [0.25, 0.3) is 0 Å². The third-order valence-electron chi connectivity index (χ3n) is 6.09. The number of ketones is 1.